The van der Waals surface area contributed by atoms with Crippen LogP contribution in [0.25, 0.3) is 22.3 Å². The Bertz CT molecular complexity index is 843. The second-order valence-corrected chi connectivity index (χ2v) is 4.14. The van der Waals surface area contributed by atoms with E-state index in [4.69, 9.17) is 7.28 Å². The summed E-state index contributed by atoms with van der Waals surface area (Å²) in [4.78, 5) is 12.2. The lowest BCUT2D eigenvalue weighted by Crippen LogP contribution is -2.00. The zero-order valence-electron chi connectivity index (χ0n) is 11.8. The lowest BCUT2D eigenvalue weighted by atomic mass is 10.1. The van der Waals surface area contributed by atoms with E-state index in [1.54, 1.807) is 0 Å². The van der Waals surface area contributed by atoms with Crippen molar-refractivity contribution in [1.29, 1.82) is 2.86 Å². The molecule has 2 N–H and O–H groups in total. The van der Waals surface area contributed by atoms with Crippen LogP contribution in [0.15, 0.2) is 57.7 Å². The highest BCUT2D eigenvalue weighted by Crippen LogP contribution is 2.30. The minimum atomic E-state index is -0.325. The van der Waals surface area contributed by atoms with Crippen molar-refractivity contribution in [1.82, 2.24) is 0 Å². The molecule has 4 nitrogen and oxygen atoms in total. The number of hydrogen-bond acceptors (Lipinski definition) is 4. The maximum absolute atomic E-state index is 12.2. The minimum absolute atomic E-state index is 0.0110. The fourth-order valence-electron chi connectivity index (χ4n) is 1.97. The Morgan fingerprint density at radius 3 is 2.63 bits per heavy atom. The van der Waals surface area contributed by atoms with Gasteiger partial charge in [-0.05, 0) is 0 Å². The fraction of sp³-hybridized carbons (Fsp3) is 0. The Morgan fingerprint density at radius 2 is 1.89 bits per heavy atom. The molecule has 3 aromatic rings. The van der Waals surface area contributed by atoms with E-state index in [1.807, 2.05) is 30.3 Å². The third kappa shape index (κ3) is 1.93. The summed E-state index contributed by atoms with van der Waals surface area (Å²) >= 11 is 0. The van der Waals surface area contributed by atoms with Gasteiger partial charge in [0.1, 0.15) is 28.2 Å². The second kappa shape index (κ2) is 4.17. The van der Waals surface area contributed by atoms with E-state index < -0.39 is 0 Å². The molecule has 0 saturated heterocycles. The van der Waals surface area contributed by atoms with Crippen molar-refractivity contribution in [3.05, 3.63) is 58.8 Å². The van der Waals surface area contributed by atoms with Crippen LogP contribution in [0.4, 0.5) is 0 Å². The van der Waals surface area contributed by atoms with E-state index in [9.17, 15) is 4.79 Å². The number of fused-ring (bicyclic) bond motifs is 1. The smallest absolute Gasteiger partial charge is 0.293 e. The normalized spacial score (nSPS) is 11.8. The van der Waals surface area contributed by atoms with Crippen molar-refractivity contribution >= 4 is 11.0 Å². The van der Waals surface area contributed by atoms with E-state index in [-0.39, 0.29) is 27.9 Å². The van der Waals surface area contributed by atoms with E-state index in [0.717, 1.165) is 5.56 Å². The van der Waals surface area contributed by atoms with Crippen molar-refractivity contribution in [2.75, 3.05) is 0 Å². The molecule has 0 amide bonds. The number of rotatable bonds is 3. The first-order valence-corrected chi connectivity index (χ1v) is 5.66. The Morgan fingerprint density at radius 1 is 1.05 bits per heavy atom. The topological polar surface area (TPSA) is 70.7 Å². The van der Waals surface area contributed by atoms with Crippen LogP contribution in [-0.4, -0.2) is 13.1 Å². The highest BCUT2D eigenvalue weighted by molar-refractivity contribution is 5.85. The van der Waals surface area contributed by atoms with E-state index in [1.165, 1.54) is 18.2 Å². The molecule has 94 valence electrons. The molecule has 1 aromatic heterocycles. The quantitative estimate of drug-likeness (QED) is 0.755. The van der Waals surface area contributed by atoms with Gasteiger partial charge in [0.2, 0.25) is 0 Å². The fourth-order valence-corrected chi connectivity index (χ4v) is 1.97. The van der Waals surface area contributed by atoms with Gasteiger partial charge in [-0.15, -0.1) is 0 Å². The van der Waals surface area contributed by atoms with Crippen molar-refractivity contribution in [3.8, 4) is 22.8 Å². The first-order chi connectivity index (χ1) is 10.2. The first-order valence-electron chi connectivity index (χ1n) is 6.48. The van der Waals surface area contributed by atoms with Crippen molar-refractivity contribution < 1.29 is 14.6 Å². The maximum Gasteiger partial charge on any atom is 0.293 e. The van der Waals surface area contributed by atoms with Crippen LogP contribution in [-0.2, 0) is 0 Å². The van der Waals surface area contributed by atoms with E-state index in [0.29, 0.717) is 5.76 Å². The van der Waals surface area contributed by atoms with Crippen LogP contribution >= 0.6 is 0 Å². The molecule has 1 heterocycles. The van der Waals surface area contributed by atoms with Crippen molar-refractivity contribution in [2.24, 2.45) is 0 Å². The number of benzene rings is 2. The standard InChI is InChI=1S/C15H10O4/c16-10-6-11(17)15-12(18)8-13(19-14(15)7-10)9-4-2-1-3-5-9/h1-8,16-17H/i/hD2. The molecule has 3 rings (SSSR count). The van der Waals surface area contributed by atoms with Gasteiger partial charge in [-0.2, -0.15) is 0 Å². The average molecular weight is 256 g/mol. The van der Waals surface area contributed by atoms with Crippen molar-refractivity contribution in [2.45, 2.75) is 0 Å². The Hall–Kier alpha value is -2.75. The van der Waals surface area contributed by atoms with Gasteiger partial charge in [0.05, 0.1) is 0 Å². The highest BCUT2D eigenvalue weighted by Gasteiger charge is 2.11. The average Bonchev–Trinajstić information content (AvgIpc) is 2.54. The molecule has 19 heavy (non-hydrogen) atoms. The lowest BCUT2D eigenvalue weighted by molar-refractivity contribution is 0.452. The van der Waals surface area contributed by atoms with Crippen LogP contribution in [0.2, 0.25) is 0 Å². The minimum Gasteiger partial charge on any atom is -0.508 e. The summed E-state index contributed by atoms with van der Waals surface area (Å²) < 4.78 is 19.6. The number of aromatic hydroxyl groups is 2. The lowest BCUT2D eigenvalue weighted by Gasteiger charge is -2.04. The maximum atomic E-state index is 12.2. The van der Waals surface area contributed by atoms with Gasteiger partial charge in [-0.1, -0.05) is 30.3 Å². The van der Waals surface area contributed by atoms with Crippen LogP contribution in [0.3, 0.4) is 0 Å². The van der Waals surface area contributed by atoms with Crippen LogP contribution in [0.1, 0.15) is 0 Å². The highest BCUT2D eigenvalue weighted by atomic mass is 16.3. The molecular formula is C15H10O4. The van der Waals surface area contributed by atoms with Crippen LogP contribution in [0.5, 0.6) is 11.5 Å². The Labute approximate surface area is 111 Å². The van der Waals surface area contributed by atoms with Gasteiger partial charge < -0.3 is 14.6 Å². The van der Waals surface area contributed by atoms with Gasteiger partial charge in [0.15, 0.2) is 5.43 Å². The van der Waals surface area contributed by atoms with Crippen LogP contribution in [0, 0.1) is 0 Å². The van der Waals surface area contributed by atoms with E-state index >= 15 is 0 Å². The van der Waals surface area contributed by atoms with Crippen molar-refractivity contribution in [3.63, 3.8) is 0 Å². The monoisotopic (exact) mass is 256 g/mol. The number of phenolic OH excluding ortho intramolecular Hbond substituents is 2. The number of phenols is 2. The predicted molar refractivity (Wildman–Crippen MR) is 71.2 cm³/mol. The van der Waals surface area contributed by atoms with Gasteiger partial charge in [-0.25, -0.2) is 0 Å². The molecule has 0 spiro atoms. The molecule has 0 unspecified atom stereocenters. The summed E-state index contributed by atoms with van der Waals surface area (Å²) in [6, 6.07) is 13.2. The Kier molecular flexibility index (Phi) is 2.02. The first kappa shape index (κ1) is 9.22. The van der Waals surface area contributed by atoms with E-state index in [2.05, 4.69) is 10.2 Å². The molecule has 0 aliphatic rings. The molecular weight excluding hydrogens is 244 g/mol. The Balaban J connectivity index is 2.31. The SMILES string of the molecule is [2H]Oc1cc(O[2H])c2c(=O)cc(-c3ccccc3)oc2c1. The second-order valence-electron chi connectivity index (χ2n) is 4.14. The summed E-state index contributed by atoms with van der Waals surface area (Å²) in [6.07, 6.45) is 0. The van der Waals surface area contributed by atoms with Gasteiger partial charge >= 0.3 is 0 Å². The summed E-state index contributed by atoms with van der Waals surface area (Å²) in [6.45, 7) is 0. The molecule has 0 radical (unpaired) electrons. The molecule has 0 atom stereocenters. The third-order valence-electron chi connectivity index (χ3n) is 2.83. The van der Waals surface area contributed by atoms with Gasteiger partial charge in [0.25, 0.3) is 2.86 Å². The predicted octanol–water partition coefficient (Wildman–Crippen LogP) is 2.87. The summed E-state index contributed by atoms with van der Waals surface area (Å²) in [5.74, 6) is 0.507. The molecule has 4 heteroatoms. The van der Waals surface area contributed by atoms with Crippen LogP contribution < -0.4 is 5.43 Å². The third-order valence-corrected chi connectivity index (χ3v) is 2.83. The zero-order chi connectivity index (χ0) is 14.8. The van der Waals surface area contributed by atoms with Gasteiger partial charge in [-0.3, -0.25) is 4.79 Å². The van der Waals surface area contributed by atoms with Gasteiger partial charge in [0, 0.05) is 23.8 Å². The molecule has 0 saturated carbocycles. The summed E-state index contributed by atoms with van der Waals surface area (Å²) in [7, 11) is 0. The molecule has 0 aliphatic heterocycles. The molecule has 0 fully saturated rings. The molecule has 0 bridgehead atoms. The summed E-state index contributed by atoms with van der Waals surface area (Å²) in [5, 5.41) is 8.94. The molecule has 0 aliphatic carbocycles. The molecule has 2 aromatic carbocycles. The number of hydrogen-bond donors (Lipinski definition) is 2. The zero-order valence-corrected chi connectivity index (χ0v) is 9.75. The largest absolute Gasteiger partial charge is 0.508 e. The summed E-state index contributed by atoms with van der Waals surface area (Å²) in [5.41, 5.74) is 0.629.